The summed E-state index contributed by atoms with van der Waals surface area (Å²) in [4.78, 5) is 11.8. The van der Waals surface area contributed by atoms with Crippen LogP contribution in [-0.2, 0) is 11.8 Å². The highest BCUT2D eigenvalue weighted by Crippen LogP contribution is 2.15. The lowest BCUT2D eigenvalue weighted by Gasteiger charge is -2.07. The molecule has 0 saturated heterocycles. The average molecular weight is 309 g/mol. The highest BCUT2D eigenvalue weighted by molar-refractivity contribution is 9.08. The number of hydrogen-bond donors (Lipinski definition) is 1. The molecule has 18 heavy (non-hydrogen) atoms. The number of halogens is 1. The van der Waals surface area contributed by atoms with E-state index in [1.807, 2.05) is 24.3 Å². The van der Waals surface area contributed by atoms with Crippen molar-refractivity contribution in [2.24, 2.45) is 0 Å². The predicted molar refractivity (Wildman–Crippen MR) is 73.5 cm³/mol. The van der Waals surface area contributed by atoms with E-state index in [0.717, 1.165) is 6.42 Å². The molecule has 0 radical (unpaired) electrons. The highest BCUT2D eigenvalue weighted by atomic mass is 79.9. The molecule has 0 bridgehead atoms. The number of aryl methyl sites for hydroxylation is 1. The second kappa shape index (κ2) is 5.35. The van der Waals surface area contributed by atoms with Gasteiger partial charge >= 0.3 is 0 Å². The molecule has 0 saturated carbocycles. The van der Waals surface area contributed by atoms with E-state index in [0.29, 0.717) is 16.7 Å². The number of hydrogen-bond acceptors (Lipinski definition) is 3. The van der Waals surface area contributed by atoms with Crippen molar-refractivity contribution >= 4 is 15.9 Å². The van der Waals surface area contributed by atoms with Gasteiger partial charge in [-0.2, -0.15) is 9.78 Å². The molecule has 0 amide bonds. The maximum Gasteiger partial charge on any atom is 0.275 e. The van der Waals surface area contributed by atoms with Crippen LogP contribution >= 0.6 is 15.9 Å². The quantitative estimate of drug-likeness (QED) is 0.886. The summed E-state index contributed by atoms with van der Waals surface area (Å²) in [5, 5.41) is 14.1. The summed E-state index contributed by atoms with van der Waals surface area (Å²) in [5.41, 5.74) is 1.99. The molecule has 94 valence electrons. The zero-order valence-corrected chi connectivity index (χ0v) is 11.5. The number of alkyl halides is 1. The molecular weight excluding hydrogens is 296 g/mol. The molecule has 0 fully saturated rings. The van der Waals surface area contributed by atoms with Crippen molar-refractivity contribution in [3.05, 3.63) is 51.9 Å². The number of rotatable bonds is 3. The second-order valence-corrected chi connectivity index (χ2v) is 4.44. The van der Waals surface area contributed by atoms with Gasteiger partial charge in [-0.1, -0.05) is 35.0 Å². The van der Waals surface area contributed by atoms with Gasteiger partial charge in [-0.3, -0.25) is 4.79 Å². The first-order valence-electron chi connectivity index (χ1n) is 5.63. The Kier molecular flexibility index (Phi) is 3.81. The molecule has 0 spiro atoms. The zero-order chi connectivity index (χ0) is 13.1. The van der Waals surface area contributed by atoms with Gasteiger partial charge in [0, 0.05) is 6.07 Å². The molecule has 5 heteroatoms. The van der Waals surface area contributed by atoms with Crippen molar-refractivity contribution in [2.45, 2.75) is 18.7 Å². The smallest absolute Gasteiger partial charge is 0.275 e. The van der Waals surface area contributed by atoms with Crippen LogP contribution in [0.2, 0.25) is 0 Å². The third-order valence-corrected chi connectivity index (χ3v) is 3.23. The molecule has 4 nitrogen and oxygen atoms in total. The van der Waals surface area contributed by atoms with Crippen molar-refractivity contribution in [2.75, 3.05) is 0 Å². The minimum Gasteiger partial charge on any atom is -0.506 e. The molecular formula is C13H13BrN2O2. The minimum absolute atomic E-state index is 0.0849. The van der Waals surface area contributed by atoms with Crippen LogP contribution in [0.3, 0.4) is 0 Å². The summed E-state index contributed by atoms with van der Waals surface area (Å²) in [5.74, 6) is -0.0849. The third kappa shape index (κ3) is 2.46. The molecule has 1 aromatic carbocycles. The molecule has 1 aromatic heterocycles. The summed E-state index contributed by atoms with van der Waals surface area (Å²) in [6.45, 7) is 2.07. The first-order chi connectivity index (χ1) is 8.65. The van der Waals surface area contributed by atoms with Gasteiger partial charge < -0.3 is 5.11 Å². The molecule has 0 aliphatic rings. The molecule has 0 aliphatic carbocycles. The van der Waals surface area contributed by atoms with Gasteiger partial charge in [-0.15, -0.1) is 0 Å². The van der Waals surface area contributed by atoms with Crippen LogP contribution in [0, 0.1) is 0 Å². The Morgan fingerprint density at radius 1 is 1.33 bits per heavy atom. The number of nitrogens with zero attached hydrogens (tertiary/aromatic N) is 2. The van der Waals surface area contributed by atoms with Gasteiger partial charge in [0.2, 0.25) is 0 Å². The Morgan fingerprint density at radius 2 is 2.00 bits per heavy atom. The lowest BCUT2D eigenvalue weighted by atomic mass is 10.1. The second-order valence-electron chi connectivity index (χ2n) is 3.88. The zero-order valence-electron chi connectivity index (χ0n) is 9.93. The maximum absolute atomic E-state index is 11.8. The first-order valence-corrected chi connectivity index (χ1v) is 6.75. The van der Waals surface area contributed by atoms with E-state index in [9.17, 15) is 9.90 Å². The molecule has 1 N–H and O–H groups in total. The van der Waals surface area contributed by atoms with Gasteiger partial charge in [-0.25, -0.2) is 0 Å². The SMILES string of the molecule is CCc1ccc(-n2nc(CBr)c(O)cc2=O)cc1. The lowest BCUT2D eigenvalue weighted by Crippen LogP contribution is -2.21. The van der Waals surface area contributed by atoms with Crippen LogP contribution < -0.4 is 5.56 Å². The topological polar surface area (TPSA) is 55.1 Å². The Bertz CT molecular complexity index is 605. The lowest BCUT2D eigenvalue weighted by molar-refractivity contribution is 0.460. The van der Waals surface area contributed by atoms with E-state index in [4.69, 9.17) is 0 Å². The predicted octanol–water partition coefficient (Wildman–Crippen LogP) is 2.40. The van der Waals surface area contributed by atoms with Gasteiger partial charge in [0.05, 0.1) is 11.0 Å². The van der Waals surface area contributed by atoms with Crippen molar-refractivity contribution in [3.8, 4) is 11.4 Å². The molecule has 1 heterocycles. The van der Waals surface area contributed by atoms with Gasteiger partial charge in [-0.05, 0) is 24.1 Å². The van der Waals surface area contributed by atoms with E-state index in [1.165, 1.54) is 16.3 Å². The van der Waals surface area contributed by atoms with E-state index in [-0.39, 0.29) is 11.3 Å². The standard InChI is InChI=1S/C13H13BrN2O2/c1-2-9-3-5-10(6-4-9)16-13(18)7-12(17)11(8-14)15-16/h3-7,17H,2,8H2,1H3. The van der Waals surface area contributed by atoms with Crippen LogP contribution in [0.1, 0.15) is 18.2 Å². The third-order valence-electron chi connectivity index (χ3n) is 2.70. The summed E-state index contributed by atoms with van der Waals surface area (Å²) in [6, 6.07) is 8.80. The minimum atomic E-state index is -0.346. The van der Waals surface area contributed by atoms with Gasteiger partial charge in [0.1, 0.15) is 11.4 Å². The van der Waals surface area contributed by atoms with E-state index >= 15 is 0 Å². The molecule has 0 atom stereocenters. The number of aromatic nitrogens is 2. The van der Waals surface area contributed by atoms with Crippen molar-refractivity contribution < 1.29 is 5.11 Å². The fourth-order valence-electron chi connectivity index (χ4n) is 1.64. The Labute approximate surface area is 113 Å². The van der Waals surface area contributed by atoms with Crippen LogP contribution in [0.5, 0.6) is 5.75 Å². The van der Waals surface area contributed by atoms with Gasteiger partial charge in [0.15, 0.2) is 0 Å². The number of benzene rings is 1. The van der Waals surface area contributed by atoms with E-state index in [2.05, 4.69) is 28.0 Å². The molecule has 0 unspecified atom stereocenters. The molecule has 0 aliphatic heterocycles. The maximum atomic E-state index is 11.8. The Hall–Kier alpha value is -1.62. The normalized spacial score (nSPS) is 10.6. The van der Waals surface area contributed by atoms with E-state index < -0.39 is 0 Å². The summed E-state index contributed by atoms with van der Waals surface area (Å²) >= 11 is 3.22. The van der Waals surface area contributed by atoms with Gasteiger partial charge in [0.25, 0.3) is 5.56 Å². The van der Waals surface area contributed by atoms with Crippen LogP contribution in [0.25, 0.3) is 5.69 Å². The van der Waals surface area contributed by atoms with Crippen molar-refractivity contribution in [1.29, 1.82) is 0 Å². The Balaban J connectivity index is 2.52. The Morgan fingerprint density at radius 3 is 2.56 bits per heavy atom. The first kappa shape index (κ1) is 12.8. The summed E-state index contributed by atoms with van der Waals surface area (Å²) in [6.07, 6.45) is 0.949. The van der Waals surface area contributed by atoms with Crippen molar-refractivity contribution in [3.63, 3.8) is 0 Å². The fourth-order valence-corrected chi connectivity index (χ4v) is 2.04. The highest BCUT2D eigenvalue weighted by Gasteiger charge is 2.08. The monoisotopic (exact) mass is 308 g/mol. The summed E-state index contributed by atoms with van der Waals surface area (Å²) in [7, 11) is 0. The molecule has 2 aromatic rings. The van der Waals surface area contributed by atoms with E-state index in [1.54, 1.807) is 0 Å². The largest absolute Gasteiger partial charge is 0.506 e. The molecule has 2 rings (SSSR count). The average Bonchev–Trinajstić information content (AvgIpc) is 2.39. The van der Waals surface area contributed by atoms with Crippen LogP contribution in [0.15, 0.2) is 35.1 Å². The van der Waals surface area contributed by atoms with Crippen molar-refractivity contribution in [1.82, 2.24) is 9.78 Å². The van der Waals surface area contributed by atoms with Crippen LogP contribution in [0.4, 0.5) is 0 Å². The number of aromatic hydroxyl groups is 1. The van der Waals surface area contributed by atoms with Crippen LogP contribution in [-0.4, -0.2) is 14.9 Å². The summed E-state index contributed by atoms with van der Waals surface area (Å²) < 4.78 is 1.29. The fraction of sp³-hybridized carbons (Fsp3) is 0.231.